The van der Waals surface area contributed by atoms with Crippen molar-refractivity contribution in [2.45, 2.75) is 39.7 Å². The number of carbonyl (C=O) groups is 1. The van der Waals surface area contributed by atoms with Gasteiger partial charge in [-0.15, -0.1) is 0 Å². The van der Waals surface area contributed by atoms with Gasteiger partial charge in [-0.3, -0.25) is 4.79 Å². The van der Waals surface area contributed by atoms with Crippen LogP contribution in [-0.4, -0.2) is 11.9 Å². The van der Waals surface area contributed by atoms with Crippen molar-refractivity contribution in [3.63, 3.8) is 0 Å². The highest BCUT2D eigenvalue weighted by Crippen LogP contribution is 2.36. The summed E-state index contributed by atoms with van der Waals surface area (Å²) in [5.41, 5.74) is 0.842. The molecule has 0 radical (unpaired) electrons. The Morgan fingerprint density at radius 2 is 1.82 bits per heavy atom. The van der Waals surface area contributed by atoms with Gasteiger partial charge in [0, 0.05) is 18.2 Å². The van der Waals surface area contributed by atoms with Crippen LogP contribution in [0.25, 0.3) is 0 Å². The van der Waals surface area contributed by atoms with Gasteiger partial charge in [0.2, 0.25) is 5.91 Å². The van der Waals surface area contributed by atoms with Gasteiger partial charge >= 0.3 is 0 Å². The molecular formula is C14H18FNO. The van der Waals surface area contributed by atoms with Gasteiger partial charge in [-0.25, -0.2) is 4.39 Å². The first-order valence-corrected chi connectivity index (χ1v) is 5.97. The van der Waals surface area contributed by atoms with Gasteiger partial charge in [-0.2, -0.15) is 0 Å². The number of anilines is 1. The van der Waals surface area contributed by atoms with Crippen LogP contribution < -0.4 is 4.90 Å². The topological polar surface area (TPSA) is 20.3 Å². The van der Waals surface area contributed by atoms with Crippen LogP contribution in [0.3, 0.4) is 0 Å². The van der Waals surface area contributed by atoms with Gasteiger partial charge in [0.05, 0.1) is 0 Å². The zero-order valence-corrected chi connectivity index (χ0v) is 10.5. The summed E-state index contributed by atoms with van der Waals surface area (Å²) in [6.45, 7) is 6.40. The van der Waals surface area contributed by atoms with E-state index in [-0.39, 0.29) is 23.2 Å². The third kappa shape index (κ3) is 2.33. The number of halogens is 1. The molecular weight excluding hydrogens is 217 g/mol. The first kappa shape index (κ1) is 12.1. The predicted molar refractivity (Wildman–Crippen MR) is 66.4 cm³/mol. The Labute approximate surface area is 101 Å². The minimum atomic E-state index is -0.271. The van der Waals surface area contributed by atoms with Crippen molar-refractivity contribution in [3.05, 3.63) is 30.1 Å². The number of nitrogens with zero attached hydrogens (tertiary/aromatic N) is 1. The lowest BCUT2D eigenvalue weighted by molar-refractivity contribution is -0.117. The molecule has 1 heterocycles. The monoisotopic (exact) mass is 235 g/mol. The number of carbonyl (C=O) groups excluding carboxylic acids is 1. The molecule has 3 heteroatoms. The van der Waals surface area contributed by atoms with Crippen molar-refractivity contribution >= 4 is 11.6 Å². The number of hydrogen-bond acceptors (Lipinski definition) is 1. The van der Waals surface area contributed by atoms with E-state index in [2.05, 4.69) is 20.8 Å². The summed E-state index contributed by atoms with van der Waals surface area (Å²) in [6, 6.07) is 6.36. The van der Waals surface area contributed by atoms with Crippen molar-refractivity contribution in [2.75, 3.05) is 4.90 Å². The first-order chi connectivity index (χ1) is 7.89. The number of rotatable bonds is 1. The maximum Gasteiger partial charge on any atom is 0.227 e. The molecule has 1 aromatic carbocycles. The lowest BCUT2D eigenvalue weighted by atomic mass is 9.85. The van der Waals surface area contributed by atoms with Gasteiger partial charge in [0.15, 0.2) is 0 Å². The summed E-state index contributed by atoms with van der Waals surface area (Å²) < 4.78 is 12.9. The normalized spacial score (nSPS) is 21.1. The van der Waals surface area contributed by atoms with Crippen molar-refractivity contribution < 1.29 is 9.18 Å². The summed E-state index contributed by atoms with van der Waals surface area (Å²) in [4.78, 5) is 13.8. The fourth-order valence-corrected chi connectivity index (χ4v) is 2.43. The average molecular weight is 235 g/mol. The molecule has 0 N–H and O–H groups in total. The third-order valence-corrected chi connectivity index (χ3v) is 3.32. The maximum atomic E-state index is 12.9. The molecule has 0 aromatic heterocycles. The molecule has 0 spiro atoms. The van der Waals surface area contributed by atoms with E-state index < -0.39 is 0 Å². The van der Waals surface area contributed by atoms with Crippen LogP contribution in [0.4, 0.5) is 10.1 Å². The van der Waals surface area contributed by atoms with E-state index in [1.807, 2.05) is 4.90 Å². The van der Waals surface area contributed by atoms with E-state index in [9.17, 15) is 9.18 Å². The minimum Gasteiger partial charge on any atom is -0.309 e. The SMILES string of the molecule is CC(C)(C)C1CCC(=O)N1c1ccc(F)cc1. The van der Waals surface area contributed by atoms with Crippen LogP contribution >= 0.6 is 0 Å². The molecule has 92 valence electrons. The lowest BCUT2D eigenvalue weighted by Gasteiger charge is -2.35. The second-order valence-corrected chi connectivity index (χ2v) is 5.66. The van der Waals surface area contributed by atoms with Gasteiger partial charge in [-0.05, 0) is 36.1 Å². The molecule has 2 rings (SSSR count). The molecule has 1 fully saturated rings. The van der Waals surface area contributed by atoms with Crippen molar-refractivity contribution in [2.24, 2.45) is 5.41 Å². The van der Waals surface area contributed by atoms with E-state index in [0.717, 1.165) is 12.1 Å². The van der Waals surface area contributed by atoms with E-state index in [0.29, 0.717) is 6.42 Å². The highest BCUT2D eigenvalue weighted by Gasteiger charge is 2.39. The Hall–Kier alpha value is -1.38. The zero-order chi connectivity index (χ0) is 12.6. The molecule has 17 heavy (non-hydrogen) atoms. The van der Waals surface area contributed by atoms with Crippen LogP contribution in [0.15, 0.2) is 24.3 Å². The molecule has 1 saturated heterocycles. The van der Waals surface area contributed by atoms with Crippen LogP contribution in [0.1, 0.15) is 33.6 Å². The molecule has 0 saturated carbocycles. The zero-order valence-electron chi connectivity index (χ0n) is 10.5. The smallest absolute Gasteiger partial charge is 0.227 e. The Balaban J connectivity index is 2.34. The van der Waals surface area contributed by atoms with Gasteiger partial charge in [0.25, 0.3) is 0 Å². The predicted octanol–water partition coefficient (Wildman–Crippen LogP) is 3.37. The molecule has 1 aliphatic rings. The van der Waals surface area contributed by atoms with Crippen molar-refractivity contribution in [1.29, 1.82) is 0 Å². The van der Waals surface area contributed by atoms with E-state index in [1.54, 1.807) is 12.1 Å². The van der Waals surface area contributed by atoms with Crippen molar-refractivity contribution in [3.8, 4) is 0 Å². The Morgan fingerprint density at radius 1 is 1.24 bits per heavy atom. The minimum absolute atomic E-state index is 0.0422. The fraction of sp³-hybridized carbons (Fsp3) is 0.500. The lowest BCUT2D eigenvalue weighted by Crippen LogP contribution is -2.41. The Kier molecular flexibility index (Phi) is 2.94. The number of hydrogen-bond donors (Lipinski definition) is 0. The molecule has 1 amide bonds. The standard InChI is InChI=1S/C14H18FNO/c1-14(2,3)12-8-9-13(17)16(12)11-6-4-10(15)5-7-11/h4-7,12H,8-9H2,1-3H3. The number of benzene rings is 1. The molecule has 0 bridgehead atoms. The van der Waals surface area contributed by atoms with E-state index in [4.69, 9.17) is 0 Å². The molecule has 0 aliphatic carbocycles. The summed E-state index contributed by atoms with van der Waals surface area (Å²) in [5, 5.41) is 0. The van der Waals surface area contributed by atoms with Gasteiger partial charge in [-0.1, -0.05) is 20.8 Å². The third-order valence-electron chi connectivity index (χ3n) is 3.32. The number of amides is 1. The molecule has 1 atom stereocenters. The van der Waals surface area contributed by atoms with Crippen LogP contribution in [0.5, 0.6) is 0 Å². The largest absolute Gasteiger partial charge is 0.309 e. The molecule has 1 aromatic rings. The average Bonchev–Trinajstić information content (AvgIpc) is 2.61. The highest BCUT2D eigenvalue weighted by molar-refractivity contribution is 5.96. The quantitative estimate of drug-likeness (QED) is 0.730. The first-order valence-electron chi connectivity index (χ1n) is 5.97. The van der Waals surface area contributed by atoms with Crippen LogP contribution in [0, 0.1) is 11.2 Å². The van der Waals surface area contributed by atoms with Crippen LogP contribution in [-0.2, 0) is 4.79 Å². The molecule has 1 unspecified atom stereocenters. The molecule has 1 aliphatic heterocycles. The second-order valence-electron chi connectivity index (χ2n) is 5.66. The summed E-state index contributed by atoms with van der Waals surface area (Å²) >= 11 is 0. The summed E-state index contributed by atoms with van der Waals surface area (Å²) in [7, 11) is 0. The second kappa shape index (κ2) is 4.13. The summed E-state index contributed by atoms with van der Waals surface area (Å²) in [5.74, 6) is -0.135. The molecule has 2 nitrogen and oxygen atoms in total. The maximum absolute atomic E-state index is 12.9. The fourth-order valence-electron chi connectivity index (χ4n) is 2.43. The Bertz CT molecular complexity index is 419. The summed E-state index contributed by atoms with van der Waals surface area (Å²) in [6.07, 6.45) is 1.46. The van der Waals surface area contributed by atoms with Crippen molar-refractivity contribution in [1.82, 2.24) is 0 Å². The van der Waals surface area contributed by atoms with Gasteiger partial charge < -0.3 is 4.90 Å². The van der Waals surface area contributed by atoms with E-state index in [1.165, 1.54) is 12.1 Å². The van der Waals surface area contributed by atoms with Crippen LogP contribution in [0.2, 0.25) is 0 Å². The van der Waals surface area contributed by atoms with E-state index >= 15 is 0 Å². The Morgan fingerprint density at radius 3 is 2.35 bits per heavy atom. The van der Waals surface area contributed by atoms with Gasteiger partial charge in [0.1, 0.15) is 5.82 Å². The highest BCUT2D eigenvalue weighted by atomic mass is 19.1.